The molecule has 4 heteroatoms. The van der Waals surface area contributed by atoms with E-state index in [2.05, 4.69) is 12.2 Å². The van der Waals surface area contributed by atoms with E-state index in [9.17, 15) is 4.39 Å². The quantitative estimate of drug-likeness (QED) is 0.571. The lowest BCUT2D eigenvalue weighted by Gasteiger charge is -2.15. The van der Waals surface area contributed by atoms with Crippen molar-refractivity contribution in [3.63, 3.8) is 0 Å². The molecule has 0 amide bonds. The van der Waals surface area contributed by atoms with E-state index in [0.29, 0.717) is 12.6 Å². The van der Waals surface area contributed by atoms with Crippen LogP contribution in [-0.4, -0.2) is 32.1 Å². The molecule has 1 atom stereocenters. The summed E-state index contributed by atoms with van der Waals surface area (Å²) in [6, 6.07) is 6.98. The molecule has 0 spiro atoms. The second kappa shape index (κ2) is 8.50. The van der Waals surface area contributed by atoms with Gasteiger partial charge in [0.25, 0.3) is 0 Å². The third-order valence-corrected chi connectivity index (χ3v) is 3.48. The van der Waals surface area contributed by atoms with E-state index < -0.39 is 0 Å². The van der Waals surface area contributed by atoms with E-state index in [1.54, 1.807) is 23.9 Å². The van der Waals surface area contributed by atoms with Crippen molar-refractivity contribution in [2.24, 2.45) is 0 Å². The normalized spacial score (nSPS) is 12.6. The minimum absolute atomic E-state index is 0.182. The summed E-state index contributed by atoms with van der Waals surface area (Å²) in [5.41, 5.74) is 0. The lowest BCUT2D eigenvalue weighted by Crippen LogP contribution is -2.32. The third kappa shape index (κ3) is 6.05. The molecule has 0 saturated carbocycles. The SMILES string of the molecule is CCCOCC(CSc1cccc(F)c1)NC. The molecule has 1 rings (SSSR count). The molecular formula is C13H20FNOS. The lowest BCUT2D eigenvalue weighted by molar-refractivity contribution is 0.119. The standard InChI is InChI=1S/C13H20FNOS/c1-3-7-16-9-12(15-2)10-17-13-6-4-5-11(14)8-13/h4-6,8,12,15H,3,7,9-10H2,1-2H3. The van der Waals surface area contributed by atoms with Gasteiger partial charge in [-0.3, -0.25) is 0 Å². The summed E-state index contributed by atoms with van der Waals surface area (Å²) in [5, 5.41) is 3.21. The molecule has 96 valence electrons. The van der Waals surface area contributed by atoms with Crippen molar-refractivity contribution in [1.82, 2.24) is 5.32 Å². The molecule has 2 nitrogen and oxygen atoms in total. The summed E-state index contributed by atoms with van der Waals surface area (Å²) < 4.78 is 18.5. The van der Waals surface area contributed by atoms with Crippen molar-refractivity contribution in [3.8, 4) is 0 Å². The molecule has 1 aromatic carbocycles. The first-order valence-corrected chi connectivity index (χ1v) is 6.88. The van der Waals surface area contributed by atoms with Gasteiger partial charge in [-0.05, 0) is 31.7 Å². The van der Waals surface area contributed by atoms with Gasteiger partial charge in [0.05, 0.1) is 6.61 Å². The Hall–Kier alpha value is -0.580. The smallest absolute Gasteiger partial charge is 0.124 e. The van der Waals surface area contributed by atoms with Crippen molar-refractivity contribution in [3.05, 3.63) is 30.1 Å². The average Bonchev–Trinajstić information content (AvgIpc) is 2.34. The van der Waals surface area contributed by atoms with Crippen LogP contribution in [0.25, 0.3) is 0 Å². The molecule has 1 unspecified atom stereocenters. The average molecular weight is 257 g/mol. The van der Waals surface area contributed by atoms with Crippen molar-refractivity contribution in [1.29, 1.82) is 0 Å². The van der Waals surface area contributed by atoms with E-state index in [1.165, 1.54) is 6.07 Å². The fourth-order valence-corrected chi connectivity index (χ4v) is 2.37. The maximum absolute atomic E-state index is 13.0. The number of nitrogens with one attached hydrogen (secondary N) is 1. The van der Waals surface area contributed by atoms with Crippen molar-refractivity contribution in [2.45, 2.75) is 24.3 Å². The molecule has 0 saturated heterocycles. The first kappa shape index (κ1) is 14.5. The van der Waals surface area contributed by atoms with Crippen LogP contribution in [-0.2, 0) is 4.74 Å². The van der Waals surface area contributed by atoms with Crippen molar-refractivity contribution >= 4 is 11.8 Å². The molecule has 0 aliphatic heterocycles. The highest BCUT2D eigenvalue weighted by Crippen LogP contribution is 2.19. The van der Waals surface area contributed by atoms with Crippen LogP contribution in [0.2, 0.25) is 0 Å². The minimum atomic E-state index is -0.182. The highest BCUT2D eigenvalue weighted by Gasteiger charge is 2.07. The van der Waals surface area contributed by atoms with E-state index in [-0.39, 0.29) is 5.82 Å². The Bertz CT molecular complexity index is 322. The van der Waals surface area contributed by atoms with Crippen LogP contribution in [0.15, 0.2) is 29.2 Å². The van der Waals surface area contributed by atoms with Gasteiger partial charge in [0.15, 0.2) is 0 Å². The number of hydrogen-bond acceptors (Lipinski definition) is 3. The van der Waals surface area contributed by atoms with Gasteiger partial charge in [-0.1, -0.05) is 13.0 Å². The molecule has 0 aliphatic rings. The van der Waals surface area contributed by atoms with E-state index in [4.69, 9.17) is 4.74 Å². The fourth-order valence-electron chi connectivity index (χ4n) is 1.34. The fraction of sp³-hybridized carbons (Fsp3) is 0.538. The van der Waals surface area contributed by atoms with Crippen LogP contribution in [0.5, 0.6) is 0 Å². The van der Waals surface area contributed by atoms with Gasteiger partial charge in [-0.15, -0.1) is 11.8 Å². The molecular weight excluding hydrogens is 237 g/mol. The van der Waals surface area contributed by atoms with Gasteiger partial charge in [0.1, 0.15) is 5.82 Å². The highest BCUT2D eigenvalue weighted by molar-refractivity contribution is 7.99. The maximum Gasteiger partial charge on any atom is 0.124 e. The van der Waals surface area contributed by atoms with Gasteiger partial charge in [-0.2, -0.15) is 0 Å². The van der Waals surface area contributed by atoms with Crippen LogP contribution in [0, 0.1) is 5.82 Å². The zero-order valence-corrected chi connectivity index (χ0v) is 11.2. The van der Waals surface area contributed by atoms with E-state index >= 15 is 0 Å². The van der Waals surface area contributed by atoms with Gasteiger partial charge in [0.2, 0.25) is 0 Å². The molecule has 0 fully saturated rings. The molecule has 0 heterocycles. The molecule has 17 heavy (non-hydrogen) atoms. The van der Waals surface area contributed by atoms with Crippen LogP contribution in [0.3, 0.4) is 0 Å². The van der Waals surface area contributed by atoms with Crippen LogP contribution in [0.1, 0.15) is 13.3 Å². The van der Waals surface area contributed by atoms with Crippen molar-refractivity contribution < 1.29 is 9.13 Å². The molecule has 0 aromatic heterocycles. The number of halogens is 1. The summed E-state index contributed by atoms with van der Waals surface area (Å²) in [5.74, 6) is 0.696. The van der Waals surface area contributed by atoms with Gasteiger partial charge in [-0.25, -0.2) is 4.39 Å². The van der Waals surface area contributed by atoms with E-state index in [0.717, 1.165) is 23.7 Å². The Morgan fingerprint density at radius 2 is 2.29 bits per heavy atom. The lowest BCUT2D eigenvalue weighted by atomic mass is 10.3. The number of rotatable bonds is 8. The van der Waals surface area contributed by atoms with Crippen LogP contribution >= 0.6 is 11.8 Å². The Morgan fingerprint density at radius 3 is 2.94 bits per heavy atom. The maximum atomic E-state index is 13.0. The number of ether oxygens (including phenoxy) is 1. The largest absolute Gasteiger partial charge is 0.380 e. The third-order valence-electron chi connectivity index (χ3n) is 2.32. The van der Waals surface area contributed by atoms with E-state index in [1.807, 2.05) is 13.1 Å². The topological polar surface area (TPSA) is 21.3 Å². The Balaban J connectivity index is 2.31. The summed E-state index contributed by atoms with van der Waals surface area (Å²) >= 11 is 1.64. The Morgan fingerprint density at radius 1 is 1.47 bits per heavy atom. The minimum Gasteiger partial charge on any atom is -0.380 e. The second-order valence-electron chi connectivity index (χ2n) is 3.83. The number of benzene rings is 1. The van der Waals surface area contributed by atoms with Crippen LogP contribution < -0.4 is 5.32 Å². The predicted octanol–water partition coefficient (Wildman–Crippen LogP) is 2.93. The summed E-state index contributed by atoms with van der Waals surface area (Å²) in [4.78, 5) is 0.959. The second-order valence-corrected chi connectivity index (χ2v) is 4.92. The monoisotopic (exact) mass is 257 g/mol. The molecule has 1 N–H and O–H groups in total. The number of likely N-dealkylation sites (N-methyl/N-ethyl adjacent to an activating group) is 1. The zero-order valence-electron chi connectivity index (χ0n) is 10.4. The van der Waals surface area contributed by atoms with Gasteiger partial charge in [0, 0.05) is 23.3 Å². The van der Waals surface area contributed by atoms with Gasteiger partial charge >= 0.3 is 0 Å². The molecule has 0 aliphatic carbocycles. The van der Waals surface area contributed by atoms with Gasteiger partial charge < -0.3 is 10.1 Å². The molecule has 0 radical (unpaired) electrons. The van der Waals surface area contributed by atoms with Crippen molar-refractivity contribution in [2.75, 3.05) is 26.0 Å². The Kier molecular flexibility index (Phi) is 7.24. The van der Waals surface area contributed by atoms with Crippen LogP contribution in [0.4, 0.5) is 4.39 Å². The highest BCUT2D eigenvalue weighted by atomic mass is 32.2. The molecule has 1 aromatic rings. The molecule has 0 bridgehead atoms. The zero-order chi connectivity index (χ0) is 12.5. The summed E-state index contributed by atoms with van der Waals surface area (Å²) in [6.45, 7) is 3.59. The number of hydrogen-bond donors (Lipinski definition) is 1. The number of thioether (sulfide) groups is 1. The predicted molar refractivity (Wildman–Crippen MR) is 71.1 cm³/mol. The first-order valence-electron chi connectivity index (χ1n) is 5.89. The Labute approximate surface area is 107 Å². The summed E-state index contributed by atoms with van der Waals surface area (Å²) in [7, 11) is 1.92. The summed E-state index contributed by atoms with van der Waals surface area (Å²) in [6.07, 6.45) is 1.04. The first-order chi connectivity index (χ1) is 8.26.